The van der Waals surface area contributed by atoms with Crippen molar-refractivity contribution >= 4 is 11.8 Å². The van der Waals surface area contributed by atoms with Gasteiger partial charge in [0, 0.05) is 50.4 Å². The topological polar surface area (TPSA) is 117 Å². The molecule has 0 fully saturated rings. The third kappa shape index (κ3) is 7.19. The number of aryl methyl sites for hydroxylation is 1. The Bertz CT molecular complexity index is 1670. The molecule has 45 heavy (non-hydrogen) atoms. The fourth-order valence-electron chi connectivity index (χ4n) is 5.91. The molecule has 0 saturated heterocycles. The molecule has 10 heteroatoms. The average molecular weight is 611 g/mol. The van der Waals surface area contributed by atoms with Crippen molar-refractivity contribution in [3.63, 3.8) is 0 Å². The highest BCUT2D eigenvalue weighted by molar-refractivity contribution is 5.95. The van der Waals surface area contributed by atoms with Gasteiger partial charge in [-0.2, -0.15) is 0 Å². The van der Waals surface area contributed by atoms with E-state index in [-0.39, 0.29) is 18.4 Å². The molecule has 10 nitrogen and oxygen atoms in total. The molecule has 4 aromatic rings. The largest absolute Gasteiger partial charge is 0.497 e. The van der Waals surface area contributed by atoms with Crippen LogP contribution < -0.4 is 14.8 Å². The van der Waals surface area contributed by atoms with Gasteiger partial charge in [-0.05, 0) is 90.6 Å². The van der Waals surface area contributed by atoms with Crippen molar-refractivity contribution in [3.8, 4) is 11.5 Å². The van der Waals surface area contributed by atoms with Gasteiger partial charge in [0.2, 0.25) is 0 Å². The molecule has 1 atom stereocenters. The molecule has 1 unspecified atom stereocenters. The molecule has 3 heterocycles. The summed E-state index contributed by atoms with van der Waals surface area (Å²) in [6, 6.07) is 18.8. The summed E-state index contributed by atoms with van der Waals surface area (Å²) in [5.74, 6) is 1.98. The van der Waals surface area contributed by atoms with Crippen LogP contribution in [0.3, 0.4) is 0 Å². The maximum absolute atomic E-state index is 13.0. The van der Waals surface area contributed by atoms with Crippen LogP contribution in [0.1, 0.15) is 54.4 Å². The molecule has 2 aliphatic rings. The quantitative estimate of drug-likeness (QED) is 0.278. The predicted molar refractivity (Wildman–Crippen MR) is 167 cm³/mol. The first-order chi connectivity index (χ1) is 21.9. The van der Waals surface area contributed by atoms with E-state index in [4.69, 9.17) is 13.9 Å². The number of methoxy groups -OCH3 is 1. The van der Waals surface area contributed by atoms with Crippen molar-refractivity contribution in [1.29, 1.82) is 0 Å². The first-order valence-electron chi connectivity index (χ1n) is 15.2. The van der Waals surface area contributed by atoms with E-state index in [1.54, 1.807) is 37.4 Å². The molecule has 0 saturated carbocycles. The number of nitrogens with one attached hydrogen (secondary N) is 1. The summed E-state index contributed by atoms with van der Waals surface area (Å²) in [5, 5.41) is 13.6. The fraction of sp³-hybridized carbons (Fsp3) is 0.343. The first-order valence-corrected chi connectivity index (χ1v) is 15.2. The number of β-amino-alcohol motifs (C(OH)–C–C–N with tert-alkyl or cyclic N) is 1. The number of hydrogen-bond acceptors (Lipinski definition) is 8. The van der Waals surface area contributed by atoms with Gasteiger partial charge in [-0.3, -0.25) is 14.5 Å². The Kier molecular flexibility index (Phi) is 9.13. The molecular weight excluding hydrogens is 572 g/mol. The molecule has 2 N–H and O–H groups in total. The highest BCUT2D eigenvalue weighted by atomic mass is 16.5. The van der Waals surface area contributed by atoms with Crippen LogP contribution in [0.25, 0.3) is 0 Å². The van der Waals surface area contributed by atoms with Crippen molar-refractivity contribution in [3.05, 3.63) is 112 Å². The maximum atomic E-state index is 13.0. The predicted octanol–water partition coefficient (Wildman–Crippen LogP) is 3.92. The number of aromatic nitrogens is 1. The van der Waals surface area contributed by atoms with E-state index >= 15 is 0 Å². The van der Waals surface area contributed by atoms with Gasteiger partial charge in [0.1, 0.15) is 18.1 Å². The van der Waals surface area contributed by atoms with Crippen molar-refractivity contribution < 1.29 is 28.6 Å². The number of hydrogen-bond donors (Lipinski definition) is 2. The minimum atomic E-state index is -0.696. The zero-order chi connectivity index (χ0) is 31.3. The zero-order valence-electron chi connectivity index (χ0n) is 25.6. The van der Waals surface area contributed by atoms with Crippen LogP contribution in [-0.2, 0) is 32.5 Å². The van der Waals surface area contributed by atoms with E-state index in [0.29, 0.717) is 49.5 Å². The molecule has 234 valence electrons. The van der Waals surface area contributed by atoms with Gasteiger partial charge < -0.3 is 29.2 Å². The number of aliphatic hydroxyl groups excluding tert-OH is 1. The number of amides is 2. The van der Waals surface area contributed by atoms with E-state index in [1.165, 1.54) is 17.5 Å². The van der Waals surface area contributed by atoms with Crippen LogP contribution in [0.4, 0.5) is 0 Å². The Morgan fingerprint density at radius 2 is 1.64 bits per heavy atom. The second-order valence-corrected chi connectivity index (χ2v) is 11.6. The summed E-state index contributed by atoms with van der Waals surface area (Å²) < 4.78 is 16.4. The molecule has 0 spiro atoms. The number of benzene rings is 3. The lowest BCUT2D eigenvalue weighted by Crippen LogP contribution is -2.42. The SMILES string of the molecule is COc1ccc(C(=O)N2CCc3cc(C(=O)NCC(O)CN4CCc5cc(OCc6ocnc6C)ccc5C4)ccc3C2)cc1. The second-order valence-electron chi connectivity index (χ2n) is 11.6. The van der Waals surface area contributed by atoms with Crippen LogP contribution in [0, 0.1) is 6.92 Å². The van der Waals surface area contributed by atoms with Gasteiger partial charge >= 0.3 is 0 Å². The lowest BCUT2D eigenvalue weighted by Gasteiger charge is -2.30. The first kappa shape index (κ1) is 30.4. The summed E-state index contributed by atoms with van der Waals surface area (Å²) in [4.78, 5) is 34.1. The van der Waals surface area contributed by atoms with E-state index in [1.807, 2.05) is 30.0 Å². The van der Waals surface area contributed by atoms with Gasteiger partial charge in [0.05, 0.1) is 18.9 Å². The smallest absolute Gasteiger partial charge is 0.254 e. The Hall–Kier alpha value is -4.67. The minimum absolute atomic E-state index is 0.0239. The number of aliphatic hydroxyl groups is 1. The maximum Gasteiger partial charge on any atom is 0.254 e. The van der Waals surface area contributed by atoms with Gasteiger partial charge in [-0.1, -0.05) is 12.1 Å². The van der Waals surface area contributed by atoms with Crippen molar-refractivity contribution in [2.75, 3.05) is 33.3 Å². The lowest BCUT2D eigenvalue weighted by atomic mass is 9.96. The molecule has 2 amide bonds. The van der Waals surface area contributed by atoms with Crippen molar-refractivity contribution in [2.24, 2.45) is 0 Å². The van der Waals surface area contributed by atoms with Crippen LogP contribution in [0.5, 0.6) is 11.5 Å². The molecule has 0 aliphatic carbocycles. The van der Waals surface area contributed by atoms with Crippen LogP contribution in [0.15, 0.2) is 71.5 Å². The van der Waals surface area contributed by atoms with Crippen molar-refractivity contribution in [2.45, 2.75) is 45.6 Å². The van der Waals surface area contributed by atoms with E-state index in [9.17, 15) is 14.7 Å². The van der Waals surface area contributed by atoms with Crippen LogP contribution >= 0.6 is 0 Å². The Morgan fingerprint density at radius 3 is 2.42 bits per heavy atom. The third-order valence-electron chi connectivity index (χ3n) is 8.56. The molecule has 3 aromatic carbocycles. The summed E-state index contributed by atoms with van der Waals surface area (Å²) in [7, 11) is 1.60. The van der Waals surface area contributed by atoms with E-state index < -0.39 is 6.10 Å². The standard InChI is InChI=1S/C35H38N4O6/c1-23-33(45-22-37-23)21-44-32-10-7-28-18-38(13-11-26(28)16-32)20-30(40)17-36-34(41)27-3-4-29-19-39(14-12-25(29)15-27)35(42)24-5-8-31(43-2)9-6-24/h3-10,15-16,22,30,40H,11-14,17-21H2,1-2H3,(H,36,41). The summed E-state index contributed by atoms with van der Waals surface area (Å²) in [6.07, 6.45) is 2.25. The fourth-order valence-corrected chi connectivity index (χ4v) is 5.91. The Morgan fingerprint density at radius 1 is 0.933 bits per heavy atom. The number of rotatable bonds is 10. The van der Waals surface area contributed by atoms with Gasteiger partial charge in [-0.15, -0.1) is 0 Å². The average Bonchev–Trinajstić information content (AvgIpc) is 3.49. The van der Waals surface area contributed by atoms with Gasteiger partial charge in [-0.25, -0.2) is 4.98 Å². The van der Waals surface area contributed by atoms with Gasteiger partial charge in [0.25, 0.3) is 11.8 Å². The summed E-state index contributed by atoms with van der Waals surface area (Å²) >= 11 is 0. The number of ether oxygens (including phenoxy) is 2. The zero-order valence-corrected chi connectivity index (χ0v) is 25.6. The summed E-state index contributed by atoms with van der Waals surface area (Å²) in [6.45, 7) is 5.47. The number of oxazole rings is 1. The molecule has 0 radical (unpaired) electrons. The second kappa shape index (κ2) is 13.5. The number of carbonyl (C=O) groups excluding carboxylic acids is 2. The van der Waals surface area contributed by atoms with E-state index in [2.05, 4.69) is 27.3 Å². The highest BCUT2D eigenvalue weighted by Crippen LogP contribution is 2.26. The third-order valence-corrected chi connectivity index (χ3v) is 8.56. The summed E-state index contributed by atoms with van der Waals surface area (Å²) in [5.41, 5.74) is 6.55. The molecule has 6 rings (SSSR count). The monoisotopic (exact) mass is 610 g/mol. The normalized spacial score (nSPS) is 15.1. The Balaban J connectivity index is 0.964. The molecule has 2 aliphatic heterocycles. The molecular formula is C35H38N4O6. The van der Waals surface area contributed by atoms with Crippen LogP contribution in [0.2, 0.25) is 0 Å². The highest BCUT2D eigenvalue weighted by Gasteiger charge is 2.24. The van der Waals surface area contributed by atoms with Crippen molar-refractivity contribution in [1.82, 2.24) is 20.1 Å². The lowest BCUT2D eigenvalue weighted by molar-refractivity contribution is 0.0734. The molecule has 0 bridgehead atoms. The number of nitrogens with zero attached hydrogens (tertiary/aromatic N) is 3. The minimum Gasteiger partial charge on any atom is -0.497 e. The van der Waals surface area contributed by atoms with Gasteiger partial charge in [0.15, 0.2) is 12.2 Å². The number of fused-ring (bicyclic) bond motifs is 2. The van der Waals surface area contributed by atoms with Crippen LogP contribution in [-0.4, -0.2) is 71.1 Å². The Labute approximate surface area is 262 Å². The number of carbonyl (C=O) groups is 2. The van der Waals surface area contributed by atoms with E-state index in [0.717, 1.165) is 47.8 Å². The molecule has 1 aromatic heterocycles.